The van der Waals surface area contributed by atoms with Crippen molar-refractivity contribution in [2.75, 3.05) is 13.1 Å². The van der Waals surface area contributed by atoms with Crippen LogP contribution >= 0.6 is 0 Å². The van der Waals surface area contributed by atoms with E-state index in [4.69, 9.17) is 5.11 Å². The Labute approximate surface area is 134 Å². The first-order valence-corrected chi connectivity index (χ1v) is 8.59. The summed E-state index contributed by atoms with van der Waals surface area (Å²) in [5.74, 6) is -1.86. The minimum absolute atomic E-state index is 0.0657. The molecule has 1 N–H and O–H groups in total. The molecular formula is C16H16N2O4S. The molecule has 2 heterocycles. The van der Waals surface area contributed by atoms with Gasteiger partial charge in [0.25, 0.3) is 0 Å². The van der Waals surface area contributed by atoms with Crippen molar-refractivity contribution >= 4 is 26.9 Å². The van der Waals surface area contributed by atoms with Crippen molar-refractivity contribution in [3.8, 4) is 0 Å². The van der Waals surface area contributed by atoms with Gasteiger partial charge in [-0.15, -0.1) is 0 Å². The number of aliphatic carboxylic acids is 1. The molecule has 1 unspecified atom stereocenters. The summed E-state index contributed by atoms with van der Waals surface area (Å²) in [6.45, 7) is 1.97. The molecule has 120 valence electrons. The average molecular weight is 332 g/mol. The number of rotatable bonds is 3. The van der Waals surface area contributed by atoms with Gasteiger partial charge >= 0.3 is 5.97 Å². The van der Waals surface area contributed by atoms with Crippen LogP contribution in [0.4, 0.5) is 0 Å². The number of hydrogen-bond donors (Lipinski definition) is 1. The lowest BCUT2D eigenvalue weighted by Crippen LogP contribution is -2.39. The fourth-order valence-electron chi connectivity index (χ4n) is 2.71. The van der Waals surface area contributed by atoms with Crippen LogP contribution in [0.2, 0.25) is 0 Å². The molecule has 0 bridgehead atoms. The van der Waals surface area contributed by atoms with Gasteiger partial charge in [-0.05, 0) is 30.7 Å². The Morgan fingerprint density at radius 2 is 2.13 bits per heavy atom. The topological polar surface area (TPSA) is 87.6 Å². The second-order valence-corrected chi connectivity index (χ2v) is 7.38. The molecule has 0 aliphatic carbocycles. The normalized spacial score (nSPS) is 19.1. The van der Waals surface area contributed by atoms with Crippen molar-refractivity contribution in [3.63, 3.8) is 0 Å². The first kappa shape index (κ1) is 15.6. The number of sulfonamides is 1. The third-order valence-corrected chi connectivity index (χ3v) is 5.83. The summed E-state index contributed by atoms with van der Waals surface area (Å²) < 4.78 is 27.1. The van der Waals surface area contributed by atoms with Crippen LogP contribution in [0.5, 0.6) is 0 Å². The van der Waals surface area contributed by atoms with Crippen molar-refractivity contribution in [1.82, 2.24) is 9.29 Å². The average Bonchev–Trinajstić information content (AvgIpc) is 2.55. The van der Waals surface area contributed by atoms with Crippen LogP contribution in [0.1, 0.15) is 5.56 Å². The van der Waals surface area contributed by atoms with E-state index in [1.807, 2.05) is 6.92 Å². The van der Waals surface area contributed by atoms with Crippen LogP contribution in [-0.4, -0.2) is 41.9 Å². The maximum Gasteiger partial charge on any atom is 0.311 e. The van der Waals surface area contributed by atoms with Gasteiger partial charge in [-0.2, -0.15) is 4.31 Å². The second-order valence-electron chi connectivity index (χ2n) is 5.48. The standard InChI is InChI=1S/C16H16N2O4S/c1-11-6-7-14(13-5-2-8-17-15(11)13)23(21,22)18-9-3-4-12(10-18)16(19)20/h2-8,12H,9-10H2,1H3,(H,19,20). The Hall–Kier alpha value is -2.25. The van der Waals surface area contributed by atoms with Crippen molar-refractivity contribution in [1.29, 1.82) is 0 Å². The van der Waals surface area contributed by atoms with Gasteiger partial charge in [-0.25, -0.2) is 8.42 Å². The van der Waals surface area contributed by atoms with Crippen molar-refractivity contribution < 1.29 is 18.3 Å². The number of fused-ring (bicyclic) bond motifs is 1. The van der Waals surface area contributed by atoms with Crippen LogP contribution in [0.3, 0.4) is 0 Å². The Balaban J connectivity index is 2.09. The molecule has 1 aromatic heterocycles. The van der Waals surface area contributed by atoms with E-state index in [0.717, 1.165) is 5.56 Å². The van der Waals surface area contributed by atoms with Gasteiger partial charge in [0.1, 0.15) is 0 Å². The molecule has 0 saturated carbocycles. The zero-order chi connectivity index (χ0) is 16.6. The summed E-state index contributed by atoms with van der Waals surface area (Å²) in [6, 6.07) is 6.69. The highest BCUT2D eigenvalue weighted by atomic mass is 32.2. The summed E-state index contributed by atoms with van der Waals surface area (Å²) in [5.41, 5.74) is 1.53. The number of aryl methyl sites for hydroxylation is 1. The molecule has 0 fully saturated rings. The molecule has 23 heavy (non-hydrogen) atoms. The summed E-state index contributed by atoms with van der Waals surface area (Å²) in [4.78, 5) is 15.5. The smallest absolute Gasteiger partial charge is 0.311 e. The lowest BCUT2D eigenvalue weighted by atomic mass is 10.1. The quantitative estimate of drug-likeness (QED) is 0.866. The Kier molecular flexibility index (Phi) is 3.91. The number of aromatic nitrogens is 1. The van der Waals surface area contributed by atoms with E-state index in [1.54, 1.807) is 36.5 Å². The van der Waals surface area contributed by atoms with Crippen LogP contribution in [0, 0.1) is 12.8 Å². The number of carboxylic acids is 1. The lowest BCUT2D eigenvalue weighted by Gasteiger charge is -2.26. The zero-order valence-corrected chi connectivity index (χ0v) is 13.3. The zero-order valence-electron chi connectivity index (χ0n) is 12.5. The van der Waals surface area contributed by atoms with Gasteiger partial charge < -0.3 is 5.11 Å². The highest BCUT2D eigenvalue weighted by Gasteiger charge is 2.31. The number of carbonyl (C=O) groups is 1. The van der Waals surface area contributed by atoms with Crippen LogP contribution < -0.4 is 0 Å². The SMILES string of the molecule is Cc1ccc(S(=O)(=O)N2CC=CC(C(=O)O)C2)c2cccnc12. The van der Waals surface area contributed by atoms with E-state index < -0.39 is 21.9 Å². The Morgan fingerprint density at radius 1 is 1.35 bits per heavy atom. The van der Waals surface area contributed by atoms with Crippen LogP contribution in [0.25, 0.3) is 10.9 Å². The predicted octanol–water partition coefficient (Wildman–Crippen LogP) is 1.80. The maximum atomic E-state index is 13.0. The van der Waals surface area contributed by atoms with Gasteiger partial charge in [-0.3, -0.25) is 9.78 Å². The highest BCUT2D eigenvalue weighted by molar-refractivity contribution is 7.89. The molecule has 1 aliphatic heterocycles. The maximum absolute atomic E-state index is 13.0. The van der Waals surface area contributed by atoms with Crippen LogP contribution in [-0.2, 0) is 14.8 Å². The van der Waals surface area contributed by atoms with Crippen LogP contribution in [0.15, 0.2) is 47.5 Å². The fourth-order valence-corrected chi connectivity index (χ4v) is 4.31. The van der Waals surface area contributed by atoms with E-state index in [9.17, 15) is 13.2 Å². The molecule has 0 saturated heterocycles. The third-order valence-electron chi connectivity index (χ3n) is 3.94. The molecule has 0 radical (unpaired) electrons. The van der Waals surface area contributed by atoms with E-state index in [1.165, 1.54) is 10.4 Å². The van der Waals surface area contributed by atoms with E-state index >= 15 is 0 Å². The van der Waals surface area contributed by atoms with E-state index in [2.05, 4.69) is 4.98 Å². The number of nitrogens with zero attached hydrogens (tertiary/aromatic N) is 2. The predicted molar refractivity (Wildman–Crippen MR) is 85.5 cm³/mol. The molecule has 1 aromatic carbocycles. The molecule has 3 rings (SSSR count). The second kappa shape index (κ2) is 5.75. The summed E-state index contributed by atoms with van der Waals surface area (Å²) in [5, 5.41) is 9.67. The number of hydrogen-bond acceptors (Lipinski definition) is 4. The van der Waals surface area contributed by atoms with Gasteiger partial charge in [0.05, 0.1) is 16.3 Å². The third kappa shape index (κ3) is 2.73. The number of benzene rings is 1. The van der Waals surface area contributed by atoms with Gasteiger partial charge in [0, 0.05) is 24.7 Å². The van der Waals surface area contributed by atoms with E-state index in [0.29, 0.717) is 10.9 Å². The molecule has 1 aliphatic rings. The lowest BCUT2D eigenvalue weighted by molar-refractivity contribution is -0.140. The molecule has 1 atom stereocenters. The monoisotopic (exact) mass is 332 g/mol. The first-order valence-electron chi connectivity index (χ1n) is 7.15. The van der Waals surface area contributed by atoms with E-state index in [-0.39, 0.29) is 18.0 Å². The molecular weight excluding hydrogens is 316 g/mol. The van der Waals surface area contributed by atoms with Crippen molar-refractivity contribution in [2.45, 2.75) is 11.8 Å². The molecule has 6 nitrogen and oxygen atoms in total. The largest absolute Gasteiger partial charge is 0.481 e. The highest BCUT2D eigenvalue weighted by Crippen LogP contribution is 2.28. The number of carboxylic acid groups (broad SMARTS) is 1. The summed E-state index contributed by atoms with van der Waals surface area (Å²) in [7, 11) is -3.79. The van der Waals surface area contributed by atoms with Gasteiger partial charge in [-0.1, -0.05) is 18.2 Å². The Morgan fingerprint density at radius 3 is 2.87 bits per heavy atom. The molecule has 2 aromatic rings. The first-order chi connectivity index (χ1) is 10.9. The minimum atomic E-state index is -3.79. The van der Waals surface area contributed by atoms with Gasteiger partial charge in [0.2, 0.25) is 10.0 Å². The fraction of sp³-hybridized carbons (Fsp3) is 0.250. The number of pyridine rings is 1. The van der Waals surface area contributed by atoms with Crippen molar-refractivity contribution in [2.24, 2.45) is 5.92 Å². The summed E-state index contributed by atoms with van der Waals surface area (Å²) >= 11 is 0. The molecule has 7 heteroatoms. The Bertz CT molecular complexity index is 905. The summed E-state index contributed by atoms with van der Waals surface area (Å²) in [6.07, 6.45) is 4.73. The minimum Gasteiger partial charge on any atom is -0.481 e. The van der Waals surface area contributed by atoms with Crippen molar-refractivity contribution in [3.05, 3.63) is 48.2 Å². The molecule has 0 spiro atoms. The molecule has 0 amide bonds. The van der Waals surface area contributed by atoms with Gasteiger partial charge in [0.15, 0.2) is 0 Å².